The number of rotatable bonds is 3. The number of aliphatic hydroxyl groups is 1. The number of carboxylic acid groups (broad SMARTS) is 1. The van der Waals surface area contributed by atoms with E-state index in [-0.39, 0.29) is 48.7 Å². The molecular weight excluding hydrogens is 348 g/mol. The van der Waals surface area contributed by atoms with Crippen molar-refractivity contribution in [3.05, 3.63) is 34.9 Å². The molecule has 0 aromatic rings. The molecule has 0 aromatic heterocycles. The maximum atomic E-state index is 12.4. The Morgan fingerprint density at radius 2 is 1.85 bits per heavy atom. The molecule has 2 aliphatic rings. The number of Topliss-reactive ketones (excluding diaryl/α,β-unsaturated/α-hetero) is 2. The van der Waals surface area contributed by atoms with E-state index in [1.54, 1.807) is 27.7 Å². The number of hydrogen-bond donors (Lipinski definition) is 2. The van der Waals surface area contributed by atoms with Crippen molar-refractivity contribution in [1.82, 2.24) is 0 Å². The minimum Gasteiger partial charge on any atom is -0.478 e. The van der Waals surface area contributed by atoms with Crippen LogP contribution in [0.5, 0.6) is 0 Å². The quantitative estimate of drug-likeness (QED) is 0.735. The SMILES string of the molecule is CC1=CC(=O)CC(C)(C)C1(O)C=CC1=C(C(=O)O)C(=O)CC(C)CC(=O)C1. The fourth-order valence-electron chi connectivity index (χ4n) is 3.92. The summed E-state index contributed by atoms with van der Waals surface area (Å²) in [6.07, 6.45) is 4.31. The van der Waals surface area contributed by atoms with Gasteiger partial charge in [-0.05, 0) is 36.1 Å². The van der Waals surface area contributed by atoms with E-state index in [0.717, 1.165) is 0 Å². The predicted octanol–water partition coefficient (Wildman–Crippen LogP) is 2.56. The molecule has 6 nitrogen and oxygen atoms in total. The van der Waals surface area contributed by atoms with Crippen molar-refractivity contribution >= 4 is 23.3 Å². The van der Waals surface area contributed by atoms with Crippen LogP contribution in [0.2, 0.25) is 0 Å². The van der Waals surface area contributed by atoms with Crippen LogP contribution in [0.1, 0.15) is 53.4 Å². The largest absolute Gasteiger partial charge is 0.478 e. The van der Waals surface area contributed by atoms with E-state index in [2.05, 4.69) is 0 Å². The lowest BCUT2D eigenvalue weighted by Crippen LogP contribution is -2.48. The Morgan fingerprint density at radius 3 is 2.41 bits per heavy atom. The molecule has 2 N–H and O–H groups in total. The van der Waals surface area contributed by atoms with Crippen LogP contribution in [0.3, 0.4) is 0 Å². The van der Waals surface area contributed by atoms with E-state index < -0.39 is 28.3 Å². The normalized spacial score (nSPS) is 29.6. The summed E-state index contributed by atoms with van der Waals surface area (Å²) in [5.74, 6) is -2.34. The summed E-state index contributed by atoms with van der Waals surface area (Å²) in [5, 5.41) is 20.7. The van der Waals surface area contributed by atoms with Crippen molar-refractivity contribution in [3.63, 3.8) is 0 Å². The first-order valence-corrected chi connectivity index (χ1v) is 9.02. The molecule has 6 heteroatoms. The van der Waals surface area contributed by atoms with E-state index in [4.69, 9.17) is 0 Å². The third kappa shape index (κ3) is 4.16. The van der Waals surface area contributed by atoms with Gasteiger partial charge in [-0.1, -0.05) is 26.8 Å². The molecule has 2 atom stereocenters. The number of allylic oxidation sites excluding steroid dienone is 3. The summed E-state index contributed by atoms with van der Waals surface area (Å²) in [4.78, 5) is 48.1. The van der Waals surface area contributed by atoms with E-state index >= 15 is 0 Å². The van der Waals surface area contributed by atoms with E-state index in [9.17, 15) is 29.4 Å². The second-order valence-corrected chi connectivity index (χ2v) is 8.31. The van der Waals surface area contributed by atoms with Gasteiger partial charge < -0.3 is 10.2 Å². The fraction of sp³-hybridized carbons (Fsp3) is 0.524. The highest BCUT2D eigenvalue weighted by molar-refractivity contribution is 6.18. The highest BCUT2D eigenvalue weighted by atomic mass is 16.4. The van der Waals surface area contributed by atoms with Gasteiger partial charge in [-0.25, -0.2) is 4.79 Å². The molecule has 2 rings (SSSR count). The molecule has 0 saturated carbocycles. The van der Waals surface area contributed by atoms with Crippen LogP contribution in [0, 0.1) is 11.3 Å². The first-order chi connectivity index (χ1) is 12.4. The van der Waals surface area contributed by atoms with Crippen molar-refractivity contribution in [2.24, 2.45) is 11.3 Å². The van der Waals surface area contributed by atoms with Gasteiger partial charge in [0.05, 0.1) is 0 Å². The molecule has 27 heavy (non-hydrogen) atoms. The van der Waals surface area contributed by atoms with Crippen molar-refractivity contribution in [1.29, 1.82) is 0 Å². The van der Waals surface area contributed by atoms with E-state index in [1.807, 2.05) is 0 Å². The summed E-state index contributed by atoms with van der Waals surface area (Å²) in [6, 6.07) is 0. The lowest BCUT2D eigenvalue weighted by Gasteiger charge is -2.44. The van der Waals surface area contributed by atoms with Gasteiger partial charge in [0.25, 0.3) is 0 Å². The van der Waals surface area contributed by atoms with Gasteiger partial charge in [-0.2, -0.15) is 0 Å². The van der Waals surface area contributed by atoms with Crippen LogP contribution >= 0.6 is 0 Å². The molecule has 0 heterocycles. The molecule has 0 bridgehead atoms. The molecule has 146 valence electrons. The van der Waals surface area contributed by atoms with Gasteiger partial charge in [0.2, 0.25) is 0 Å². The Balaban J connectivity index is 2.55. The summed E-state index contributed by atoms with van der Waals surface area (Å²) in [5.41, 5.74) is -2.17. The molecule has 2 aliphatic carbocycles. The second-order valence-electron chi connectivity index (χ2n) is 8.31. The molecular formula is C21H26O6. The van der Waals surface area contributed by atoms with Crippen LogP contribution < -0.4 is 0 Å². The van der Waals surface area contributed by atoms with Crippen LogP contribution in [-0.4, -0.2) is 39.1 Å². The Hall–Kier alpha value is -2.34. The smallest absolute Gasteiger partial charge is 0.339 e. The number of carboxylic acids is 1. The van der Waals surface area contributed by atoms with Gasteiger partial charge in [0.15, 0.2) is 11.6 Å². The fourth-order valence-corrected chi connectivity index (χ4v) is 3.92. The summed E-state index contributed by atoms with van der Waals surface area (Å²) < 4.78 is 0. The number of ketones is 3. The van der Waals surface area contributed by atoms with E-state index in [0.29, 0.717) is 5.57 Å². The van der Waals surface area contributed by atoms with Crippen molar-refractivity contribution in [2.75, 3.05) is 0 Å². The Morgan fingerprint density at radius 1 is 1.22 bits per heavy atom. The Bertz CT molecular complexity index is 795. The number of carbonyl (C=O) groups excluding carboxylic acids is 3. The van der Waals surface area contributed by atoms with Gasteiger partial charge >= 0.3 is 5.97 Å². The second kappa shape index (κ2) is 7.35. The van der Waals surface area contributed by atoms with Gasteiger partial charge in [-0.15, -0.1) is 0 Å². The first kappa shape index (κ1) is 21.0. The lowest BCUT2D eigenvalue weighted by atomic mass is 9.64. The highest BCUT2D eigenvalue weighted by Gasteiger charge is 2.46. The third-order valence-corrected chi connectivity index (χ3v) is 5.46. The molecule has 2 unspecified atom stereocenters. The maximum Gasteiger partial charge on any atom is 0.339 e. The van der Waals surface area contributed by atoms with Gasteiger partial charge in [0, 0.05) is 31.1 Å². The van der Waals surface area contributed by atoms with Gasteiger partial charge in [-0.3, -0.25) is 14.4 Å². The molecule has 0 radical (unpaired) electrons. The summed E-state index contributed by atoms with van der Waals surface area (Å²) >= 11 is 0. The standard InChI is InChI=1S/C21H26O6/c1-12-7-15(22)10-14(18(19(25)26)17(24)8-12)5-6-21(27)13(2)9-16(23)11-20(21,3)4/h5-6,9,12,27H,7-8,10-11H2,1-4H3,(H,25,26). The average Bonchev–Trinajstić information content (AvgIpc) is 2.47. The Kier molecular flexibility index (Phi) is 5.71. The predicted molar refractivity (Wildman–Crippen MR) is 98.9 cm³/mol. The lowest BCUT2D eigenvalue weighted by molar-refractivity contribution is -0.135. The van der Waals surface area contributed by atoms with Crippen molar-refractivity contribution in [3.8, 4) is 0 Å². The maximum absolute atomic E-state index is 12.4. The summed E-state index contributed by atoms with van der Waals surface area (Å²) in [7, 11) is 0. The molecule has 0 saturated heterocycles. The molecule has 0 amide bonds. The minimum atomic E-state index is -1.49. The average molecular weight is 374 g/mol. The zero-order chi connectivity index (χ0) is 20.6. The molecule has 0 fully saturated rings. The molecule has 0 aliphatic heterocycles. The zero-order valence-electron chi connectivity index (χ0n) is 16.2. The summed E-state index contributed by atoms with van der Waals surface area (Å²) in [6.45, 7) is 6.86. The number of carbonyl (C=O) groups is 4. The molecule has 0 spiro atoms. The minimum absolute atomic E-state index is 0.00605. The van der Waals surface area contributed by atoms with Crippen LogP contribution in [0.4, 0.5) is 0 Å². The monoisotopic (exact) mass is 374 g/mol. The van der Waals surface area contributed by atoms with Crippen LogP contribution in [-0.2, 0) is 19.2 Å². The van der Waals surface area contributed by atoms with E-state index in [1.165, 1.54) is 18.2 Å². The third-order valence-electron chi connectivity index (χ3n) is 5.46. The molecule has 0 aromatic carbocycles. The first-order valence-electron chi connectivity index (χ1n) is 9.02. The van der Waals surface area contributed by atoms with Crippen LogP contribution in [0.15, 0.2) is 34.9 Å². The highest BCUT2D eigenvalue weighted by Crippen LogP contribution is 2.44. The van der Waals surface area contributed by atoms with Gasteiger partial charge in [0.1, 0.15) is 17.0 Å². The van der Waals surface area contributed by atoms with Crippen LogP contribution in [0.25, 0.3) is 0 Å². The van der Waals surface area contributed by atoms with Crippen molar-refractivity contribution in [2.45, 2.75) is 59.0 Å². The zero-order valence-corrected chi connectivity index (χ0v) is 16.2. The Labute approximate surface area is 158 Å². The number of hydrogen-bond acceptors (Lipinski definition) is 5. The topological polar surface area (TPSA) is 109 Å². The van der Waals surface area contributed by atoms with Crippen molar-refractivity contribution < 1.29 is 29.4 Å². The number of aliphatic carboxylic acids is 1.